The number of hydrogen-bond acceptors (Lipinski definition) is 3. The zero-order valence-corrected chi connectivity index (χ0v) is 12.0. The van der Waals surface area contributed by atoms with E-state index in [0.717, 1.165) is 33.6 Å². The van der Waals surface area contributed by atoms with E-state index >= 15 is 0 Å². The summed E-state index contributed by atoms with van der Waals surface area (Å²) in [7, 11) is 1.66. The number of aryl methyl sites for hydroxylation is 1. The zero-order chi connectivity index (χ0) is 12.3. The van der Waals surface area contributed by atoms with Crippen molar-refractivity contribution in [1.82, 2.24) is 4.98 Å². The van der Waals surface area contributed by atoms with Crippen LogP contribution in [0.3, 0.4) is 0 Å². The van der Waals surface area contributed by atoms with Crippen LogP contribution >= 0.6 is 22.6 Å². The summed E-state index contributed by atoms with van der Waals surface area (Å²) in [6.45, 7) is 2.08. The Morgan fingerprint density at radius 1 is 1.41 bits per heavy atom. The molecule has 1 aromatic heterocycles. The topological polar surface area (TPSA) is 35.3 Å². The largest absolute Gasteiger partial charge is 0.497 e. The van der Waals surface area contributed by atoms with Gasteiger partial charge < -0.3 is 9.15 Å². The van der Waals surface area contributed by atoms with E-state index in [4.69, 9.17) is 9.15 Å². The molecule has 0 radical (unpaired) electrons. The van der Waals surface area contributed by atoms with Gasteiger partial charge in [0.05, 0.1) is 12.8 Å². The Labute approximate surface area is 114 Å². The van der Waals surface area contributed by atoms with Crippen molar-refractivity contribution in [3.05, 3.63) is 35.7 Å². The Kier molecular flexibility index (Phi) is 4.04. The summed E-state index contributed by atoms with van der Waals surface area (Å²) >= 11 is 2.30. The lowest BCUT2D eigenvalue weighted by Gasteiger charge is -2.00. The fourth-order valence-corrected chi connectivity index (χ4v) is 2.24. The van der Waals surface area contributed by atoms with Crippen LogP contribution in [0.25, 0.3) is 11.5 Å². The summed E-state index contributed by atoms with van der Waals surface area (Å²) in [5.74, 6) is 2.46. The first-order valence-electron chi connectivity index (χ1n) is 5.47. The second-order valence-corrected chi connectivity index (χ2v) is 4.37. The molecule has 0 aliphatic rings. The molecule has 0 atom stereocenters. The quantitative estimate of drug-likeness (QED) is 0.625. The SMILES string of the molecule is CCc1oc(-c2cccc(OC)c2)nc1CI. The van der Waals surface area contributed by atoms with Crippen molar-refractivity contribution in [2.45, 2.75) is 17.8 Å². The number of halogens is 1. The minimum absolute atomic E-state index is 0.674. The molecular formula is C13H14INO2. The lowest BCUT2D eigenvalue weighted by atomic mass is 10.2. The summed E-state index contributed by atoms with van der Waals surface area (Å²) in [4.78, 5) is 4.52. The molecule has 0 spiro atoms. The van der Waals surface area contributed by atoms with Gasteiger partial charge in [0.2, 0.25) is 5.89 Å². The van der Waals surface area contributed by atoms with Crippen LogP contribution < -0.4 is 4.74 Å². The molecule has 2 rings (SSSR count). The number of aromatic nitrogens is 1. The molecule has 0 amide bonds. The second-order valence-electron chi connectivity index (χ2n) is 3.61. The Morgan fingerprint density at radius 3 is 2.82 bits per heavy atom. The van der Waals surface area contributed by atoms with E-state index in [9.17, 15) is 0 Å². The van der Waals surface area contributed by atoms with Crippen molar-refractivity contribution in [1.29, 1.82) is 0 Å². The summed E-state index contributed by atoms with van der Waals surface area (Å²) in [5, 5.41) is 0. The third-order valence-electron chi connectivity index (χ3n) is 2.54. The normalized spacial score (nSPS) is 10.5. The molecule has 0 bridgehead atoms. The first kappa shape index (κ1) is 12.4. The summed E-state index contributed by atoms with van der Waals surface area (Å²) in [5.41, 5.74) is 1.99. The van der Waals surface area contributed by atoms with Gasteiger partial charge in [0.15, 0.2) is 0 Å². The van der Waals surface area contributed by atoms with Gasteiger partial charge in [0.1, 0.15) is 11.5 Å². The number of rotatable bonds is 4. The van der Waals surface area contributed by atoms with E-state index in [-0.39, 0.29) is 0 Å². The smallest absolute Gasteiger partial charge is 0.226 e. The Morgan fingerprint density at radius 2 is 2.24 bits per heavy atom. The van der Waals surface area contributed by atoms with Gasteiger partial charge >= 0.3 is 0 Å². The van der Waals surface area contributed by atoms with E-state index in [1.54, 1.807) is 7.11 Å². The maximum atomic E-state index is 5.77. The predicted molar refractivity (Wildman–Crippen MR) is 75.6 cm³/mol. The first-order valence-corrected chi connectivity index (χ1v) is 7.00. The average Bonchev–Trinajstić information content (AvgIpc) is 2.82. The van der Waals surface area contributed by atoms with Crippen molar-refractivity contribution >= 4 is 22.6 Å². The van der Waals surface area contributed by atoms with Crippen LogP contribution in [0.4, 0.5) is 0 Å². The number of ether oxygens (including phenoxy) is 1. The summed E-state index contributed by atoms with van der Waals surface area (Å²) in [6, 6.07) is 7.76. The second kappa shape index (κ2) is 5.53. The third kappa shape index (κ3) is 2.62. The molecule has 4 heteroatoms. The van der Waals surface area contributed by atoms with Gasteiger partial charge in [0.25, 0.3) is 0 Å². The van der Waals surface area contributed by atoms with Crippen LogP contribution in [0.5, 0.6) is 5.75 Å². The molecule has 0 aliphatic heterocycles. The predicted octanol–water partition coefficient (Wildman–Crippen LogP) is 3.85. The van der Waals surface area contributed by atoms with E-state index in [1.165, 1.54) is 0 Å². The Hall–Kier alpha value is -1.04. The molecule has 0 fully saturated rings. The number of hydrogen-bond donors (Lipinski definition) is 0. The molecule has 90 valence electrons. The van der Waals surface area contributed by atoms with Crippen LogP contribution in [-0.2, 0) is 10.8 Å². The van der Waals surface area contributed by atoms with Gasteiger partial charge in [-0.2, -0.15) is 0 Å². The lowest BCUT2D eigenvalue weighted by Crippen LogP contribution is -1.85. The molecule has 0 saturated heterocycles. The number of alkyl halides is 1. The average molecular weight is 343 g/mol. The fraction of sp³-hybridized carbons (Fsp3) is 0.308. The van der Waals surface area contributed by atoms with Gasteiger partial charge in [-0.25, -0.2) is 4.98 Å². The standard InChI is InChI=1S/C13H14INO2/c1-3-12-11(8-14)15-13(17-12)9-5-4-6-10(7-9)16-2/h4-7H,3,8H2,1-2H3. The minimum atomic E-state index is 0.674. The van der Waals surface area contributed by atoms with Crippen LogP contribution in [0.1, 0.15) is 18.4 Å². The fourth-order valence-electron chi connectivity index (χ4n) is 1.64. The first-order chi connectivity index (χ1) is 8.28. The molecular weight excluding hydrogens is 329 g/mol. The highest BCUT2D eigenvalue weighted by atomic mass is 127. The van der Waals surface area contributed by atoms with Crippen LogP contribution in [0, 0.1) is 0 Å². The number of nitrogens with zero attached hydrogens (tertiary/aromatic N) is 1. The molecule has 3 nitrogen and oxygen atoms in total. The van der Waals surface area contributed by atoms with Crippen LogP contribution in [-0.4, -0.2) is 12.1 Å². The van der Waals surface area contributed by atoms with Crippen molar-refractivity contribution in [2.24, 2.45) is 0 Å². The Balaban J connectivity index is 2.41. The number of benzene rings is 1. The molecule has 0 N–H and O–H groups in total. The van der Waals surface area contributed by atoms with Gasteiger partial charge in [-0.3, -0.25) is 0 Å². The van der Waals surface area contributed by atoms with Crippen molar-refractivity contribution < 1.29 is 9.15 Å². The van der Waals surface area contributed by atoms with Crippen molar-refractivity contribution in [3.63, 3.8) is 0 Å². The lowest BCUT2D eigenvalue weighted by molar-refractivity contribution is 0.414. The number of methoxy groups -OCH3 is 1. The van der Waals surface area contributed by atoms with Crippen molar-refractivity contribution in [2.75, 3.05) is 7.11 Å². The van der Waals surface area contributed by atoms with Gasteiger partial charge in [0, 0.05) is 16.4 Å². The number of oxazole rings is 1. The summed E-state index contributed by atoms with van der Waals surface area (Å²) in [6.07, 6.45) is 0.870. The minimum Gasteiger partial charge on any atom is -0.497 e. The van der Waals surface area contributed by atoms with Gasteiger partial charge in [-0.1, -0.05) is 35.6 Å². The molecule has 0 unspecified atom stereocenters. The maximum Gasteiger partial charge on any atom is 0.226 e. The van der Waals surface area contributed by atoms with E-state index in [2.05, 4.69) is 34.5 Å². The Bertz CT molecular complexity index is 486. The monoisotopic (exact) mass is 343 g/mol. The van der Waals surface area contributed by atoms with E-state index < -0.39 is 0 Å². The van der Waals surface area contributed by atoms with Gasteiger partial charge in [-0.05, 0) is 18.2 Å². The molecule has 1 heterocycles. The van der Waals surface area contributed by atoms with Crippen molar-refractivity contribution in [3.8, 4) is 17.2 Å². The molecule has 17 heavy (non-hydrogen) atoms. The maximum absolute atomic E-state index is 5.77. The molecule has 1 aromatic carbocycles. The van der Waals surface area contributed by atoms with Crippen LogP contribution in [0.2, 0.25) is 0 Å². The highest BCUT2D eigenvalue weighted by Crippen LogP contribution is 2.26. The van der Waals surface area contributed by atoms with E-state index in [0.29, 0.717) is 5.89 Å². The van der Waals surface area contributed by atoms with E-state index in [1.807, 2.05) is 24.3 Å². The highest BCUT2D eigenvalue weighted by molar-refractivity contribution is 14.1. The zero-order valence-electron chi connectivity index (χ0n) is 9.87. The molecule has 2 aromatic rings. The summed E-state index contributed by atoms with van der Waals surface area (Å²) < 4.78 is 11.8. The van der Waals surface area contributed by atoms with Gasteiger partial charge in [-0.15, -0.1) is 0 Å². The molecule has 0 saturated carbocycles. The highest BCUT2D eigenvalue weighted by Gasteiger charge is 2.12. The molecule has 0 aliphatic carbocycles. The third-order valence-corrected chi connectivity index (χ3v) is 3.27. The van der Waals surface area contributed by atoms with Crippen LogP contribution in [0.15, 0.2) is 28.7 Å².